The Balaban J connectivity index is 3.61. The molecule has 2 heteroatoms. The van der Waals surface area contributed by atoms with E-state index in [9.17, 15) is 4.79 Å². The SMILES string of the molecule is CCCCC(CCC=O)N(C)C. The molecular formula is C10H21NO. The monoisotopic (exact) mass is 171 g/mol. The standard InChI is InChI=1S/C10H21NO/c1-4-5-7-10(11(2)3)8-6-9-12/h9-10H,4-8H2,1-3H3. The van der Waals surface area contributed by atoms with Crippen molar-refractivity contribution in [1.82, 2.24) is 4.90 Å². The van der Waals surface area contributed by atoms with Gasteiger partial charge in [0.2, 0.25) is 0 Å². The molecule has 1 atom stereocenters. The predicted octanol–water partition coefficient (Wildman–Crippen LogP) is 2.09. The topological polar surface area (TPSA) is 20.3 Å². The number of nitrogens with zero attached hydrogens (tertiary/aromatic N) is 1. The zero-order chi connectivity index (χ0) is 9.40. The minimum atomic E-state index is 0.593. The lowest BCUT2D eigenvalue weighted by molar-refractivity contribution is -0.108. The van der Waals surface area contributed by atoms with E-state index in [0.29, 0.717) is 12.5 Å². The minimum absolute atomic E-state index is 0.593. The molecule has 72 valence electrons. The maximum atomic E-state index is 10.2. The molecule has 0 spiro atoms. The van der Waals surface area contributed by atoms with Crippen molar-refractivity contribution >= 4 is 6.29 Å². The van der Waals surface area contributed by atoms with E-state index in [2.05, 4.69) is 25.9 Å². The second-order valence-corrected chi connectivity index (χ2v) is 3.50. The summed E-state index contributed by atoms with van der Waals surface area (Å²) in [6.07, 6.45) is 6.45. The summed E-state index contributed by atoms with van der Waals surface area (Å²) < 4.78 is 0. The lowest BCUT2D eigenvalue weighted by atomic mass is 10.0. The molecule has 0 N–H and O–H groups in total. The van der Waals surface area contributed by atoms with Crippen molar-refractivity contribution in [1.29, 1.82) is 0 Å². The lowest BCUT2D eigenvalue weighted by Crippen LogP contribution is -2.27. The van der Waals surface area contributed by atoms with Crippen LogP contribution >= 0.6 is 0 Å². The molecule has 0 saturated carbocycles. The highest BCUT2D eigenvalue weighted by Gasteiger charge is 2.09. The number of rotatable bonds is 7. The molecule has 0 radical (unpaired) electrons. The van der Waals surface area contributed by atoms with Gasteiger partial charge in [-0.2, -0.15) is 0 Å². The molecular weight excluding hydrogens is 150 g/mol. The molecule has 0 aliphatic rings. The average Bonchev–Trinajstić information content (AvgIpc) is 2.04. The fourth-order valence-electron chi connectivity index (χ4n) is 1.36. The van der Waals surface area contributed by atoms with Crippen LogP contribution in [-0.4, -0.2) is 31.3 Å². The van der Waals surface area contributed by atoms with Crippen LogP contribution in [0.2, 0.25) is 0 Å². The van der Waals surface area contributed by atoms with E-state index in [4.69, 9.17) is 0 Å². The number of aldehydes is 1. The van der Waals surface area contributed by atoms with E-state index < -0.39 is 0 Å². The molecule has 0 heterocycles. The fraction of sp³-hybridized carbons (Fsp3) is 0.900. The fourth-order valence-corrected chi connectivity index (χ4v) is 1.36. The summed E-state index contributed by atoms with van der Waals surface area (Å²) in [5, 5.41) is 0. The third-order valence-corrected chi connectivity index (χ3v) is 2.24. The van der Waals surface area contributed by atoms with E-state index in [-0.39, 0.29) is 0 Å². The molecule has 2 nitrogen and oxygen atoms in total. The number of hydrogen-bond donors (Lipinski definition) is 0. The Hall–Kier alpha value is -0.370. The Morgan fingerprint density at radius 2 is 2.00 bits per heavy atom. The highest BCUT2D eigenvalue weighted by Crippen LogP contribution is 2.10. The van der Waals surface area contributed by atoms with Crippen LogP contribution < -0.4 is 0 Å². The molecule has 0 aliphatic carbocycles. The van der Waals surface area contributed by atoms with Crippen LogP contribution in [0, 0.1) is 0 Å². The van der Waals surface area contributed by atoms with Gasteiger partial charge in [-0.15, -0.1) is 0 Å². The molecule has 12 heavy (non-hydrogen) atoms. The van der Waals surface area contributed by atoms with E-state index in [1.807, 2.05) is 0 Å². The summed E-state index contributed by atoms with van der Waals surface area (Å²) in [5.74, 6) is 0. The first-order valence-corrected chi connectivity index (χ1v) is 4.82. The molecule has 0 rings (SSSR count). The summed E-state index contributed by atoms with van der Waals surface area (Å²) in [4.78, 5) is 12.4. The second-order valence-electron chi connectivity index (χ2n) is 3.50. The van der Waals surface area contributed by atoms with Crippen molar-refractivity contribution in [2.45, 2.75) is 45.1 Å². The average molecular weight is 171 g/mol. The van der Waals surface area contributed by atoms with E-state index in [1.165, 1.54) is 19.3 Å². The van der Waals surface area contributed by atoms with Gasteiger partial charge >= 0.3 is 0 Å². The first kappa shape index (κ1) is 11.6. The molecule has 1 unspecified atom stereocenters. The Kier molecular flexibility index (Phi) is 7.06. The quantitative estimate of drug-likeness (QED) is 0.547. The molecule has 0 saturated heterocycles. The van der Waals surface area contributed by atoms with Crippen LogP contribution in [0.25, 0.3) is 0 Å². The van der Waals surface area contributed by atoms with Crippen molar-refractivity contribution in [3.63, 3.8) is 0 Å². The molecule has 0 aromatic carbocycles. The van der Waals surface area contributed by atoms with Crippen molar-refractivity contribution in [2.75, 3.05) is 14.1 Å². The van der Waals surface area contributed by atoms with Crippen LogP contribution in [0.1, 0.15) is 39.0 Å². The van der Waals surface area contributed by atoms with Gasteiger partial charge < -0.3 is 9.69 Å². The number of carbonyl (C=O) groups is 1. The van der Waals surface area contributed by atoms with Gasteiger partial charge in [-0.1, -0.05) is 19.8 Å². The second kappa shape index (κ2) is 7.29. The molecule has 0 aromatic rings. The summed E-state index contributed by atoms with van der Waals surface area (Å²) in [6.45, 7) is 2.20. The van der Waals surface area contributed by atoms with Crippen LogP contribution in [0.15, 0.2) is 0 Å². The van der Waals surface area contributed by atoms with Crippen molar-refractivity contribution in [3.05, 3.63) is 0 Å². The number of carbonyl (C=O) groups excluding carboxylic acids is 1. The Morgan fingerprint density at radius 3 is 2.42 bits per heavy atom. The van der Waals surface area contributed by atoms with Crippen molar-refractivity contribution in [3.8, 4) is 0 Å². The number of unbranched alkanes of at least 4 members (excludes halogenated alkanes) is 1. The highest BCUT2D eigenvalue weighted by atomic mass is 16.1. The third-order valence-electron chi connectivity index (χ3n) is 2.24. The first-order chi connectivity index (χ1) is 5.72. The lowest BCUT2D eigenvalue weighted by Gasteiger charge is -2.23. The maximum Gasteiger partial charge on any atom is 0.120 e. The maximum absolute atomic E-state index is 10.2. The van der Waals surface area contributed by atoms with Crippen molar-refractivity contribution in [2.24, 2.45) is 0 Å². The van der Waals surface area contributed by atoms with Crippen LogP contribution in [-0.2, 0) is 4.79 Å². The van der Waals surface area contributed by atoms with E-state index in [0.717, 1.165) is 12.7 Å². The highest BCUT2D eigenvalue weighted by molar-refractivity contribution is 5.49. The summed E-state index contributed by atoms with van der Waals surface area (Å²) >= 11 is 0. The summed E-state index contributed by atoms with van der Waals surface area (Å²) in [7, 11) is 4.18. The molecule has 0 fully saturated rings. The van der Waals surface area contributed by atoms with Gasteiger partial charge in [0.15, 0.2) is 0 Å². The van der Waals surface area contributed by atoms with Gasteiger partial charge in [0.25, 0.3) is 0 Å². The van der Waals surface area contributed by atoms with Crippen molar-refractivity contribution < 1.29 is 4.79 Å². The zero-order valence-electron chi connectivity index (χ0n) is 8.55. The Labute approximate surface area is 75.9 Å². The van der Waals surface area contributed by atoms with Crippen LogP contribution in [0.4, 0.5) is 0 Å². The zero-order valence-corrected chi connectivity index (χ0v) is 8.55. The minimum Gasteiger partial charge on any atom is -0.306 e. The first-order valence-electron chi connectivity index (χ1n) is 4.82. The van der Waals surface area contributed by atoms with Gasteiger partial charge in [0, 0.05) is 12.5 Å². The van der Waals surface area contributed by atoms with Gasteiger partial charge in [-0.3, -0.25) is 0 Å². The predicted molar refractivity (Wildman–Crippen MR) is 52.3 cm³/mol. The largest absolute Gasteiger partial charge is 0.306 e. The van der Waals surface area contributed by atoms with Gasteiger partial charge in [-0.05, 0) is 26.9 Å². The van der Waals surface area contributed by atoms with Crippen LogP contribution in [0.5, 0.6) is 0 Å². The van der Waals surface area contributed by atoms with E-state index in [1.54, 1.807) is 0 Å². The molecule has 0 bridgehead atoms. The molecule has 0 aliphatic heterocycles. The molecule has 0 aromatic heterocycles. The smallest absolute Gasteiger partial charge is 0.120 e. The third kappa shape index (κ3) is 5.30. The van der Waals surface area contributed by atoms with Gasteiger partial charge in [0.05, 0.1) is 0 Å². The Bertz CT molecular complexity index is 112. The normalized spacial score (nSPS) is 13.3. The number of hydrogen-bond acceptors (Lipinski definition) is 2. The van der Waals surface area contributed by atoms with E-state index >= 15 is 0 Å². The van der Waals surface area contributed by atoms with Crippen LogP contribution in [0.3, 0.4) is 0 Å². The van der Waals surface area contributed by atoms with Gasteiger partial charge in [0.1, 0.15) is 6.29 Å². The summed E-state index contributed by atoms with van der Waals surface area (Å²) in [6, 6.07) is 0.593. The summed E-state index contributed by atoms with van der Waals surface area (Å²) in [5.41, 5.74) is 0. The Morgan fingerprint density at radius 1 is 1.33 bits per heavy atom. The van der Waals surface area contributed by atoms with Gasteiger partial charge in [-0.25, -0.2) is 0 Å². The molecule has 0 amide bonds.